The monoisotopic (exact) mass is 652 g/mol. The van der Waals surface area contributed by atoms with Crippen molar-refractivity contribution >= 4 is 18.0 Å². The summed E-state index contributed by atoms with van der Waals surface area (Å²) in [6.07, 6.45) is -0.467. The molecular formula is C37H47F3N4O3. The number of alkyl halides is 3. The van der Waals surface area contributed by atoms with E-state index in [-0.39, 0.29) is 5.91 Å². The second kappa shape index (κ2) is 19.0. The molecule has 1 amide bonds. The average Bonchev–Trinajstić information content (AvgIpc) is 3.05. The first-order valence-corrected chi connectivity index (χ1v) is 16.0. The molecule has 3 aromatic rings. The molecule has 0 saturated carbocycles. The van der Waals surface area contributed by atoms with E-state index >= 15 is 0 Å². The summed E-state index contributed by atoms with van der Waals surface area (Å²) in [5.74, 6) is -2.05. The van der Waals surface area contributed by atoms with Crippen molar-refractivity contribution in [3.05, 3.63) is 102 Å². The molecule has 254 valence electrons. The summed E-state index contributed by atoms with van der Waals surface area (Å²) in [5.41, 5.74) is 5.87. The van der Waals surface area contributed by atoms with Crippen LogP contribution < -0.4 is 5.32 Å². The normalized spacial score (nSPS) is 14.2. The van der Waals surface area contributed by atoms with Crippen LogP contribution >= 0.6 is 0 Å². The van der Waals surface area contributed by atoms with Gasteiger partial charge in [0.05, 0.1) is 0 Å². The SMILES string of the molecule is CC(C)CNCc1ccc(-c2cccc(CN(CCCN3CCN(C)CC3)C(=O)/C=C/c3ccccc3)c2)cc1.O=C(O)C(F)(F)F. The minimum Gasteiger partial charge on any atom is -0.475 e. The zero-order chi connectivity index (χ0) is 34.2. The number of amides is 1. The highest BCUT2D eigenvalue weighted by Crippen LogP contribution is 2.22. The number of piperazine rings is 1. The van der Waals surface area contributed by atoms with E-state index < -0.39 is 12.1 Å². The number of carboxylic acids is 1. The number of halogens is 3. The second-order valence-electron chi connectivity index (χ2n) is 12.2. The number of carbonyl (C=O) groups excluding carboxylic acids is 1. The van der Waals surface area contributed by atoms with Gasteiger partial charge in [0, 0.05) is 51.9 Å². The van der Waals surface area contributed by atoms with Crippen LogP contribution in [0.3, 0.4) is 0 Å². The van der Waals surface area contributed by atoms with Gasteiger partial charge in [-0.3, -0.25) is 4.79 Å². The molecule has 1 aliphatic heterocycles. The summed E-state index contributed by atoms with van der Waals surface area (Å²) >= 11 is 0. The van der Waals surface area contributed by atoms with Crippen LogP contribution in [0.1, 0.15) is 37.0 Å². The maximum atomic E-state index is 13.4. The zero-order valence-corrected chi connectivity index (χ0v) is 27.5. The van der Waals surface area contributed by atoms with E-state index in [1.807, 2.05) is 41.3 Å². The van der Waals surface area contributed by atoms with Gasteiger partial charge in [-0.2, -0.15) is 13.2 Å². The molecule has 0 aliphatic carbocycles. The molecule has 1 heterocycles. The number of carbonyl (C=O) groups is 2. The van der Waals surface area contributed by atoms with Crippen molar-refractivity contribution in [3.63, 3.8) is 0 Å². The number of nitrogens with one attached hydrogen (secondary N) is 1. The molecule has 1 fully saturated rings. The van der Waals surface area contributed by atoms with Crippen LogP contribution in [-0.2, 0) is 22.7 Å². The van der Waals surface area contributed by atoms with E-state index in [1.54, 1.807) is 6.08 Å². The van der Waals surface area contributed by atoms with E-state index in [1.165, 1.54) is 16.7 Å². The Hall–Kier alpha value is -3.99. The topological polar surface area (TPSA) is 76.1 Å². The maximum Gasteiger partial charge on any atom is 0.490 e. The van der Waals surface area contributed by atoms with E-state index in [4.69, 9.17) is 9.90 Å². The number of nitrogens with zero attached hydrogens (tertiary/aromatic N) is 3. The second-order valence-corrected chi connectivity index (χ2v) is 12.2. The summed E-state index contributed by atoms with van der Waals surface area (Å²) < 4.78 is 31.7. The molecule has 0 radical (unpaired) electrons. The standard InChI is InChI=1S/C35H46N4O.C2HF3O2/c1-29(2)26-36-27-31-13-16-33(17-14-31)34-12-7-11-32(25-34)28-39(20-8-19-38-23-21-37(3)22-24-38)35(40)18-15-30-9-5-4-6-10-30;3-2(4,5)1(6)7/h4-7,9-18,25,29,36H,8,19-24,26-28H2,1-3H3;(H,6,7)/b18-15+;. The maximum absolute atomic E-state index is 13.4. The number of carboxylic acid groups (broad SMARTS) is 1. The Morgan fingerprint density at radius 1 is 0.915 bits per heavy atom. The molecule has 3 aromatic carbocycles. The predicted molar refractivity (Wildman–Crippen MR) is 182 cm³/mol. The fourth-order valence-corrected chi connectivity index (χ4v) is 5.05. The molecular weight excluding hydrogens is 605 g/mol. The Kier molecular flexibility index (Phi) is 15.1. The molecule has 10 heteroatoms. The third-order valence-electron chi connectivity index (χ3n) is 7.74. The van der Waals surface area contributed by atoms with Crippen molar-refractivity contribution in [1.82, 2.24) is 20.0 Å². The van der Waals surface area contributed by atoms with Gasteiger partial charge in [-0.05, 0) is 72.4 Å². The average molecular weight is 653 g/mol. The molecule has 0 bridgehead atoms. The summed E-state index contributed by atoms with van der Waals surface area (Å²) in [6, 6.07) is 27.5. The first kappa shape index (κ1) is 37.5. The Balaban J connectivity index is 0.000000771. The smallest absolute Gasteiger partial charge is 0.475 e. The largest absolute Gasteiger partial charge is 0.490 e. The lowest BCUT2D eigenvalue weighted by molar-refractivity contribution is -0.192. The van der Waals surface area contributed by atoms with Crippen molar-refractivity contribution in [3.8, 4) is 11.1 Å². The number of likely N-dealkylation sites (N-methyl/N-ethyl adjacent to an activating group) is 1. The van der Waals surface area contributed by atoms with Crippen LogP contribution in [0.4, 0.5) is 13.2 Å². The molecule has 1 saturated heterocycles. The van der Waals surface area contributed by atoms with Gasteiger partial charge in [0.2, 0.25) is 5.91 Å². The van der Waals surface area contributed by atoms with Crippen LogP contribution in [0.5, 0.6) is 0 Å². The number of hydrogen-bond donors (Lipinski definition) is 2. The minimum absolute atomic E-state index is 0.0610. The fourth-order valence-electron chi connectivity index (χ4n) is 5.05. The van der Waals surface area contributed by atoms with Crippen molar-refractivity contribution in [2.24, 2.45) is 5.92 Å². The molecule has 2 N–H and O–H groups in total. The minimum atomic E-state index is -5.08. The quantitative estimate of drug-likeness (QED) is 0.208. The third kappa shape index (κ3) is 14.1. The zero-order valence-electron chi connectivity index (χ0n) is 27.5. The highest BCUT2D eigenvalue weighted by molar-refractivity contribution is 5.91. The Morgan fingerprint density at radius 2 is 1.57 bits per heavy atom. The summed E-state index contributed by atoms with van der Waals surface area (Å²) in [5, 5.41) is 10.6. The highest BCUT2D eigenvalue weighted by atomic mass is 19.4. The molecule has 0 unspecified atom stereocenters. The lowest BCUT2D eigenvalue weighted by Crippen LogP contribution is -2.45. The van der Waals surface area contributed by atoms with Crippen LogP contribution in [-0.4, -0.2) is 90.7 Å². The van der Waals surface area contributed by atoms with Crippen LogP contribution in [0, 0.1) is 5.92 Å². The van der Waals surface area contributed by atoms with E-state index in [0.717, 1.165) is 69.9 Å². The van der Waals surface area contributed by atoms with Crippen molar-refractivity contribution in [2.45, 2.75) is 39.5 Å². The number of benzene rings is 3. The van der Waals surface area contributed by atoms with Gasteiger partial charge < -0.3 is 25.1 Å². The Morgan fingerprint density at radius 3 is 2.19 bits per heavy atom. The predicted octanol–water partition coefficient (Wildman–Crippen LogP) is 6.41. The van der Waals surface area contributed by atoms with Gasteiger partial charge in [-0.25, -0.2) is 4.79 Å². The van der Waals surface area contributed by atoms with Gasteiger partial charge in [0.15, 0.2) is 0 Å². The van der Waals surface area contributed by atoms with Gasteiger partial charge in [0.1, 0.15) is 0 Å². The van der Waals surface area contributed by atoms with Crippen LogP contribution in [0.15, 0.2) is 84.9 Å². The molecule has 0 spiro atoms. The summed E-state index contributed by atoms with van der Waals surface area (Å²) in [4.78, 5) is 29.2. The van der Waals surface area contributed by atoms with Crippen molar-refractivity contribution in [2.75, 3.05) is 52.9 Å². The van der Waals surface area contributed by atoms with Crippen LogP contribution in [0.2, 0.25) is 0 Å². The molecule has 0 aromatic heterocycles. The first-order chi connectivity index (χ1) is 22.4. The third-order valence-corrected chi connectivity index (χ3v) is 7.74. The van der Waals surface area contributed by atoms with E-state index in [9.17, 15) is 18.0 Å². The van der Waals surface area contributed by atoms with Gasteiger partial charge in [-0.1, -0.05) is 86.6 Å². The number of aliphatic carboxylic acids is 1. The van der Waals surface area contributed by atoms with Crippen LogP contribution in [0.25, 0.3) is 17.2 Å². The molecule has 4 rings (SSSR count). The Labute approximate surface area is 276 Å². The number of hydrogen-bond acceptors (Lipinski definition) is 5. The van der Waals surface area contributed by atoms with Gasteiger partial charge >= 0.3 is 12.1 Å². The van der Waals surface area contributed by atoms with Crippen molar-refractivity contribution in [1.29, 1.82) is 0 Å². The number of rotatable bonds is 13. The van der Waals surface area contributed by atoms with E-state index in [0.29, 0.717) is 12.5 Å². The summed E-state index contributed by atoms with van der Waals surface area (Å²) in [7, 11) is 2.19. The highest BCUT2D eigenvalue weighted by Gasteiger charge is 2.38. The molecule has 47 heavy (non-hydrogen) atoms. The van der Waals surface area contributed by atoms with E-state index in [2.05, 4.69) is 84.5 Å². The molecule has 1 aliphatic rings. The first-order valence-electron chi connectivity index (χ1n) is 16.0. The van der Waals surface area contributed by atoms with Gasteiger partial charge in [-0.15, -0.1) is 0 Å². The lowest BCUT2D eigenvalue weighted by Gasteiger charge is -2.33. The Bertz CT molecular complexity index is 1400. The molecule has 7 nitrogen and oxygen atoms in total. The lowest BCUT2D eigenvalue weighted by atomic mass is 10.0. The fraction of sp³-hybridized carbons (Fsp3) is 0.405. The summed E-state index contributed by atoms with van der Waals surface area (Å²) in [6.45, 7) is 13.2. The van der Waals surface area contributed by atoms with Gasteiger partial charge in [0.25, 0.3) is 0 Å². The molecule has 0 atom stereocenters. The van der Waals surface area contributed by atoms with Crippen molar-refractivity contribution < 1.29 is 27.9 Å².